The van der Waals surface area contributed by atoms with Gasteiger partial charge in [-0.25, -0.2) is 0 Å². The first-order chi connectivity index (χ1) is 13.3. The zero-order valence-electron chi connectivity index (χ0n) is 15.6. The summed E-state index contributed by atoms with van der Waals surface area (Å²) in [5.41, 5.74) is 1.99. The molecule has 1 heterocycles. The van der Waals surface area contributed by atoms with Gasteiger partial charge in [0.2, 0.25) is 5.91 Å². The molecular weight excluding hydrogens is 342 g/mol. The van der Waals surface area contributed by atoms with Crippen molar-refractivity contribution in [1.29, 1.82) is 0 Å². The van der Waals surface area contributed by atoms with Crippen LogP contribution in [0.2, 0.25) is 0 Å². The minimum Gasteiger partial charge on any atom is -0.490 e. The first-order valence-electron chi connectivity index (χ1n) is 9.24. The van der Waals surface area contributed by atoms with E-state index in [0.717, 1.165) is 11.1 Å². The van der Waals surface area contributed by atoms with Crippen molar-refractivity contribution in [3.05, 3.63) is 65.7 Å². The van der Waals surface area contributed by atoms with Crippen molar-refractivity contribution in [3.8, 4) is 11.5 Å². The summed E-state index contributed by atoms with van der Waals surface area (Å²) in [5, 5.41) is 0. The molecule has 27 heavy (non-hydrogen) atoms. The van der Waals surface area contributed by atoms with Crippen LogP contribution in [0.1, 0.15) is 18.1 Å². The predicted molar refractivity (Wildman–Crippen MR) is 105 cm³/mol. The Labute approximate surface area is 160 Å². The second-order valence-electron chi connectivity index (χ2n) is 6.18. The lowest BCUT2D eigenvalue weighted by Crippen LogP contribution is -2.39. The van der Waals surface area contributed by atoms with Gasteiger partial charge in [-0.3, -0.25) is 4.79 Å². The molecule has 1 aliphatic heterocycles. The minimum absolute atomic E-state index is 0.000615. The van der Waals surface area contributed by atoms with E-state index in [2.05, 4.69) is 0 Å². The molecule has 5 heteroatoms. The van der Waals surface area contributed by atoms with Gasteiger partial charge in [0, 0.05) is 19.2 Å². The van der Waals surface area contributed by atoms with E-state index in [1.165, 1.54) is 0 Å². The molecule has 1 fully saturated rings. The molecule has 5 nitrogen and oxygen atoms in total. The highest BCUT2D eigenvalue weighted by Crippen LogP contribution is 2.29. The first-order valence-corrected chi connectivity index (χ1v) is 9.24. The summed E-state index contributed by atoms with van der Waals surface area (Å²) in [6, 6.07) is 15.7. The number of ether oxygens (including phenoxy) is 3. The Morgan fingerprint density at radius 3 is 2.59 bits per heavy atom. The molecule has 2 aromatic rings. The van der Waals surface area contributed by atoms with Crippen LogP contribution in [0.25, 0.3) is 6.08 Å². The van der Waals surface area contributed by atoms with E-state index in [-0.39, 0.29) is 5.91 Å². The van der Waals surface area contributed by atoms with E-state index < -0.39 is 0 Å². The average molecular weight is 367 g/mol. The van der Waals surface area contributed by atoms with Crippen LogP contribution in [0.15, 0.2) is 54.6 Å². The monoisotopic (exact) mass is 367 g/mol. The fourth-order valence-corrected chi connectivity index (χ4v) is 2.81. The molecule has 1 saturated heterocycles. The summed E-state index contributed by atoms with van der Waals surface area (Å²) in [4.78, 5) is 14.0. The van der Waals surface area contributed by atoms with Crippen LogP contribution in [-0.2, 0) is 16.1 Å². The van der Waals surface area contributed by atoms with Crippen LogP contribution < -0.4 is 9.47 Å². The molecule has 3 rings (SSSR count). The molecule has 0 aliphatic carbocycles. The van der Waals surface area contributed by atoms with Gasteiger partial charge in [-0.1, -0.05) is 36.4 Å². The van der Waals surface area contributed by atoms with E-state index >= 15 is 0 Å². The SMILES string of the molecule is CCOc1cc(C=CC(=O)N2CCOCC2)ccc1OCc1ccccc1. The Balaban J connectivity index is 1.66. The normalized spacial score (nSPS) is 14.3. The first kappa shape index (κ1) is 19.0. The minimum atomic E-state index is 0.000615. The number of morpholine rings is 1. The lowest BCUT2D eigenvalue weighted by atomic mass is 10.1. The molecule has 0 unspecified atom stereocenters. The smallest absolute Gasteiger partial charge is 0.246 e. The van der Waals surface area contributed by atoms with Crippen molar-refractivity contribution >= 4 is 12.0 Å². The highest BCUT2D eigenvalue weighted by atomic mass is 16.5. The highest BCUT2D eigenvalue weighted by molar-refractivity contribution is 5.91. The van der Waals surface area contributed by atoms with Crippen molar-refractivity contribution in [2.45, 2.75) is 13.5 Å². The number of amides is 1. The average Bonchev–Trinajstić information content (AvgIpc) is 2.73. The molecule has 0 saturated carbocycles. The van der Waals surface area contributed by atoms with Gasteiger partial charge in [0.05, 0.1) is 19.8 Å². The molecule has 0 N–H and O–H groups in total. The molecule has 0 spiro atoms. The fourth-order valence-electron chi connectivity index (χ4n) is 2.81. The summed E-state index contributed by atoms with van der Waals surface area (Å²) in [5.74, 6) is 1.37. The summed E-state index contributed by atoms with van der Waals surface area (Å²) >= 11 is 0. The van der Waals surface area contributed by atoms with Crippen LogP contribution in [0.4, 0.5) is 0 Å². The maximum absolute atomic E-state index is 12.2. The van der Waals surface area contributed by atoms with Crippen LogP contribution in [0, 0.1) is 0 Å². The van der Waals surface area contributed by atoms with Gasteiger partial charge in [0.15, 0.2) is 11.5 Å². The second kappa shape index (κ2) is 9.78. The zero-order chi connectivity index (χ0) is 18.9. The van der Waals surface area contributed by atoms with Crippen LogP contribution in [0.3, 0.4) is 0 Å². The number of nitrogens with zero attached hydrogens (tertiary/aromatic N) is 1. The van der Waals surface area contributed by atoms with Crippen molar-refractivity contribution in [1.82, 2.24) is 4.90 Å². The van der Waals surface area contributed by atoms with Gasteiger partial charge in [-0.15, -0.1) is 0 Å². The Morgan fingerprint density at radius 1 is 1.07 bits per heavy atom. The standard InChI is InChI=1S/C22H25NO4/c1-2-26-21-16-18(9-11-22(24)23-12-14-25-15-13-23)8-10-20(21)27-17-19-6-4-3-5-7-19/h3-11,16H,2,12-15,17H2,1H3. The Hall–Kier alpha value is -2.79. The molecule has 0 bridgehead atoms. The molecule has 0 radical (unpaired) electrons. The van der Waals surface area contributed by atoms with Crippen molar-refractivity contribution in [2.24, 2.45) is 0 Å². The number of carbonyl (C=O) groups is 1. The number of rotatable bonds is 7. The molecule has 1 aliphatic rings. The van der Waals surface area contributed by atoms with Crippen LogP contribution in [-0.4, -0.2) is 43.7 Å². The maximum atomic E-state index is 12.2. The summed E-state index contributed by atoms with van der Waals surface area (Å²) in [6.45, 7) is 5.43. The summed E-state index contributed by atoms with van der Waals surface area (Å²) in [6.07, 6.45) is 3.40. The van der Waals surface area contributed by atoms with Crippen LogP contribution >= 0.6 is 0 Å². The van der Waals surface area contributed by atoms with Crippen molar-refractivity contribution < 1.29 is 19.0 Å². The van der Waals surface area contributed by atoms with E-state index in [1.807, 2.05) is 55.5 Å². The lowest BCUT2D eigenvalue weighted by Gasteiger charge is -2.25. The van der Waals surface area contributed by atoms with Gasteiger partial charge in [0.1, 0.15) is 6.61 Å². The van der Waals surface area contributed by atoms with Gasteiger partial charge in [0.25, 0.3) is 0 Å². The van der Waals surface area contributed by atoms with Gasteiger partial charge in [-0.05, 0) is 36.3 Å². The number of hydrogen-bond donors (Lipinski definition) is 0. The molecule has 0 atom stereocenters. The van der Waals surface area contributed by atoms with E-state index in [4.69, 9.17) is 14.2 Å². The third-order valence-electron chi connectivity index (χ3n) is 4.25. The van der Waals surface area contributed by atoms with E-state index in [0.29, 0.717) is 51.0 Å². The molecular formula is C22H25NO4. The summed E-state index contributed by atoms with van der Waals surface area (Å²) < 4.78 is 16.9. The highest BCUT2D eigenvalue weighted by Gasteiger charge is 2.14. The number of benzene rings is 2. The van der Waals surface area contributed by atoms with E-state index in [1.54, 1.807) is 17.1 Å². The maximum Gasteiger partial charge on any atom is 0.246 e. The zero-order valence-corrected chi connectivity index (χ0v) is 15.6. The Bertz CT molecular complexity index is 767. The second-order valence-corrected chi connectivity index (χ2v) is 6.18. The molecule has 142 valence electrons. The third kappa shape index (κ3) is 5.59. The largest absolute Gasteiger partial charge is 0.490 e. The molecule has 0 aromatic heterocycles. The lowest BCUT2D eigenvalue weighted by molar-refractivity contribution is -0.129. The van der Waals surface area contributed by atoms with Crippen molar-refractivity contribution in [3.63, 3.8) is 0 Å². The quantitative estimate of drug-likeness (QED) is 0.703. The topological polar surface area (TPSA) is 48.0 Å². The predicted octanol–water partition coefficient (Wildman–Crippen LogP) is 3.54. The molecule has 2 aromatic carbocycles. The Kier molecular flexibility index (Phi) is 6.88. The number of hydrogen-bond acceptors (Lipinski definition) is 4. The van der Waals surface area contributed by atoms with Crippen molar-refractivity contribution in [2.75, 3.05) is 32.9 Å². The Morgan fingerprint density at radius 2 is 1.85 bits per heavy atom. The van der Waals surface area contributed by atoms with Gasteiger partial charge in [-0.2, -0.15) is 0 Å². The van der Waals surface area contributed by atoms with Gasteiger partial charge < -0.3 is 19.1 Å². The van der Waals surface area contributed by atoms with E-state index in [9.17, 15) is 4.79 Å². The molecule has 1 amide bonds. The third-order valence-corrected chi connectivity index (χ3v) is 4.25. The summed E-state index contributed by atoms with van der Waals surface area (Å²) in [7, 11) is 0. The number of carbonyl (C=O) groups excluding carboxylic acids is 1. The fraction of sp³-hybridized carbons (Fsp3) is 0.318. The van der Waals surface area contributed by atoms with Gasteiger partial charge >= 0.3 is 0 Å². The van der Waals surface area contributed by atoms with Crippen LogP contribution in [0.5, 0.6) is 11.5 Å².